The first kappa shape index (κ1) is 15.9. The van der Waals surface area contributed by atoms with Crippen LogP contribution in [0.4, 0.5) is 0 Å². The van der Waals surface area contributed by atoms with Crippen LogP contribution in [0.25, 0.3) is 0 Å². The molecule has 1 N–H and O–H groups in total. The van der Waals surface area contributed by atoms with E-state index in [0.717, 1.165) is 6.42 Å². The maximum absolute atomic E-state index is 9.63. The molecule has 0 unspecified atom stereocenters. The first-order valence-corrected chi connectivity index (χ1v) is 8.95. The van der Waals surface area contributed by atoms with Crippen LogP contribution in [0.3, 0.4) is 0 Å². The van der Waals surface area contributed by atoms with E-state index in [0.29, 0.717) is 6.61 Å². The van der Waals surface area contributed by atoms with Gasteiger partial charge in [0.15, 0.2) is 8.32 Å². The molecule has 0 aliphatic carbocycles. The van der Waals surface area contributed by atoms with Gasteiger partial charge in [-0.15, -0.1) is 6.58 Å². The topological polar surface area (TPSA) is 29.5 Å². The molecule has 0 amide bonds. The van der Waals surface area contributed by atoms with Crippen molar-refractivity contribution in [2.75, 3.05) is 6.61 Å². The van der Waals surface area contributed by atoms with Gasteiger partial charge in [-0.1, -0.05) is 26.8 Å². The van der Waals surface area contributed by atoms with Crippen LogP contribution in [0.2, 0.25) is 18.1 Å². The van der Waals surface area contributed by atoms with Crippen molar-refractivity contribution in [3.8, 4) is 0 Å². The molecule has 0 saturated heterocycles. The predicted molar refractivity (Wildman–Crippen MR) is 73.1 cm³/mol. The van der Waals surface area contributed by atoms with E-state index in [4.69, 9.17) is 4.43 Å². The lowest BCUT2D eigenvalue weighted by Crippen LogP contribution is -2.42. The van der Waals surface area contributed by atoms with Gasteiger partial charge in [0.1, 0.15) is 0 Å². The third kappa shape index (κ3) is 4.81. The zero-order valence-electron chi connectivity index (χ0n) is 11.7. The fourth-order valence-electron chi connectivity index (χ4n) is 1.15. The zero-order chi connectivity index (χ0) is 13.0. The molecule has 0 aliphatic rings. The fourth-order valence-corrected chi connectivity index (χ4v) is 2.21. The summed E-state index contributed by atoms with van der Waals surface area (Å²) in [7, 11) is -1.69. The lowest BCUT2D eigenvalue weighted by atomic mass is 10.0. The van der Waals surface area contributed by atoms with Crippen LogP contribution >= 0.6 is 0 Å². The fraction of sp³-hybridized carbons (Fsp3) is 0.846. The highest BCUT2D eigenvalue weighted by atomic mass is 28.4. The number of hydrogen-bond donors (Lipinski definition) is 1. The quantitative estimate of drug-likeness (QED) is 0.571. The largest absolute Gasteiger partial charge is 0.416 e. The molecule has 0 rings (SSSR count). The van der Waals surface area contributed by atoms with E-state index >= 15 is 0 Å². The molecule has 0 aromatic carbocycles. The monoisotopic (exact) mass is 244 g/mol. The Bertz CT molecular complexity index is 216. The Kier molecular flexibility index (Phi) is 5.94. The van der Waals surface area contributed by atoms with Gasteiger partial charge < -0.3 is 9.53 Å². The van der Waals surface area contributed by atoms with Gasteiger partial charge in [-0.25, -0.2) is 0 Å². The minimum Gasteiger partial charge on any atom is -0.416 e. The summed E-state index contributed by atoms with van der Waals surface area (Å²) in [6.07, 6.45) is 2.33. The Morgan fingerprint density at radius 1 is 1.38 bits per heavy atom. The van der Waals surface area contributed by atoms with Crippen molar-refractivity contribution in [3.63, 3.8) is 0 Å². The second-order valence-electron chi connectivity index (χ2n) is 6.10. The third-order valence-electron chi connectivity index (χ3n) is 3.62. The van der Waals surface area contributed by atoms with E-state index < -0.39 is 8.32 Å². The zero-order valence-corrected chi connectivity index (χ0v) is 12.7. The van der Waals surface area contributed by atoms with Gasteiger partial charge in [-0.2, -0.15) is 0 Å². The number of rotatable bonds is 6. The van der Waals surface area contributed by atoms with E-state index in [1.807, 2.05) is 13.0 Å². The number of aliphatic hydroxyl groups excluding tert-OH is 1. The molecule has 0 saturated carbocycles. The highest BCUT2D eigenvalue weighted by Crippen LogP contribution is 2.37. The molecule has 0 heterocycles. The van der Waals surface area contributed by atoms with Gasteiger partial charge in [0, 0.05) is 12.5 Å². The summed E-state index contributed by atoms with van der Waals surface area (Å²) in [5, 5.41) is 9.86. The first-order valence-electron chi connectivity index (χ1n) is 6.04. The molecule has 16 heavy (non-hydrogen) atoms. The van der Waals surface area contributed by atoms with E-state index in [-0.39, 0.29) is 17.1 Å². The van der Waals surface area contributed by atoms with Crippen LogP contribution in [-0.4, -0.2) is 26.1 Å². The van der Waals surface area contributed by atoms with Crippen molar-refractivity contribution < 1.29 is 9.53 Å². The van der Waals surface area contributed by atoms with Crippen molar-refractivity contribution in [1.82, 2.24) is 0 Å². The van der Waals surface area contributed by atoms with Crippen molar-refractivity contribution in [1.29, 1.82) is 0 Å². The number of allylic oxidation sites excluding steroid dienone is 1. The maximum atomic E-state index is 9.63. The summed E-state index contributed by atoms with van der Waals surface area (Å²) >= 11 is 0. The summed E-state index contributed by atoms with van der Waals surface area (Å²) in [4.78, 5) is 0. The molecular weight excluding hydrogens is 216 g/mol. The second kappa shape index (κ2) is 5.99. The summed E-state index contributed by atoms with van der Waals surface area (Å²) < 4.78 is 6.10. The Labute approximate surface area is 102 Å². The third-order valence-corrected chi connectivity index (χ3v) is 8.12. The Morgan fingerprint density at radius 3 is 2.19 bits per heavy atom. The van der Waals surface area contributed by atoms with Gasteiger partial charge in [-0.05, 0) is 31.5 Å². The summed E-state index contributed by atoms with van der Waals surface area (Å²) in [5.74, 6) is 0.173. The normalized spacial score (nSPS) is 16.9. The molecule has 0 bridgehead atoms. The molecule has 2 atom stereocenters. The first-order chi connectivity index (χ1) is 7.12. The van der Waals surface area contributed by atoms with Crippen molar-refractivity contribution >= 4 is 8.32 Å². The highest BCUT2D eigenvalue weighted by Gasteiger charge is 2.37. The molecular formula is C13H28O2Si. The van der Waals surface area contributed by atoms with Crippen LogP contribution in [0.5, 0.6) is 0 Å². The lowest BCUT2D eigenvalue weighted by Gasteiger charge is -2.37. The van der Waals surface area contributed by atoms with Crippen molar-refractivity contribution in [2.45, 2.75) is 58.4 Å². The number of hydrogen-bond acceptors (Lipinski definition) is 2. The minimum atomic E-state index is -1.69. The molecule has 0 fully saturated rings. The smallest absolute Gasteiger partial charge is 0.191 e. The molecule has 96 valence electrons. The van der Waals surface area contributed by atoms with E-state index in [9.17, 15) is 5.11 Å². The maximum Gasteiger partial charge on any atom is 0.191 e. The van der Waals surface area contributed by atoms with Crippen molar-refractivity contribution in [2.24, 2.45) is 5.92 Å². The summed E-state index contributed by atoms with van der Waals surface area (Å²) in [6.45, 7) is 17.3. The van der Waals surface area contributed by atoms with Crippen LogP contribution in [0.1, 0.15) is 34.1 Å². The molecule has 3 heteroatoms. The average Bonchev–Trinajstić information content (AvgIpc) is 2.09. The van der Waals surface area contributed by atoms with Gasteiger partial charge >= 0.3 is 0 Å². The van der Waals surface area contributed by atoms with Gasteiger partial charge in [0.25, 0.3) is 0 Å². The van der Waals surface area contributed by atoms with E-state index in [2.05, 4.69) is 40.4 Å². The molecule has 2 nitrogen and oxygen atoms in total. The van der Waals surface area contributed by atoms with Gasteiger partial charge in [-0.3, -0.25) is 0 Å². The summed E-state index contributed by atoms with van der Waals surface area (Å²) in [5.41, 5.74) is 0. The van der Waals surface area contributed by atoms with Crippen molar-refractivity contribution in [3.05, 3.63) is 12.7 Å². The van der Waals surface area contributed by atoms with E-state index in [1.165, 1.54) is 0 Å². The van der Waals surface area contributed by atoms with Crippen LogP contribution in [0, 0.1) is 5.92 Å². The van der Waals surface area contributed by atoms with Crippen LogP contribution < -0.4 is 0 Å². The van der Waals surface area contributed by atoms with E-state index in [1.54, 1.807) is 0 Å². The summed E-state index contributed by atoms with van der Waals surface area (Å²) in [6, 6.07) is 0. The Hall–Kier alpha value is -0.123. The Morgan fingerprint density at radius 2 is 1.88 bits per heavy atom. The van der Waals surface area contributed by atoms with Gasteiger partial charge in [0.05, 0.1) is 6.10 Å². The SMILES string of the molecule is C=CC[C@H](CO[Si](C)(C)C(C)(C)C)[C@H](C)O. The second-order valence-corrected chi connectivity index (χ2v) is 10.9. The average molecular weight is 244 g/mol. The van der Waals surface area contributed by atoms with Gasteiger partial charge in [0.2, 0.25) is 0 Å². The number of aliphatic hydroxyl groups is 1. The standard InChI is InChI=1S/C13H28O2Si/c1-8-9-12(11(2)14)10-15-16(6,7)13(3,4)5/h8,11-12,14H,1,9-10H2,2-7H3/t11-,12+/m0/s1. The van der Waals surface area contributed by atoms with Crippen LogP contribution in [0.15, 0.2) is 12.7 Å². The predicted octanol–water partition coefficient (Wildman–Crippen LogP) is 3.58. The Balaban J connectivity index is 4.35. The highest BCUT2D eigenvalue weighted by molar-refractivity contribution is 6.74. The lowest BCUT2D eigenvalue weighted by molar-refractivity contribution is 0.0858. The molecule has 0 aliphatic heterocycles. The molecule has 0 aromatic rings. The molecule has 0 radical (unpaired) electrons. The van der Waals surface area contributed by atoms with Crippen LogP contribution in [-0.2, 0) is 4.43 Å². The minimum absolute atomic E-state index is 0.173. The molecule has 0 spiro atoms. The molecule has 0 aromatic heterocycles.